The number of nitrogens with zero attached hydrogens (tertiary/aromatic N) is 3. The first-order valence-electron chi connectivity index (χ1n) is 9.45. The van der Waals surface area contributed by atoms with Crippen LogP contribution in [-0.2, 0) is 20.9 Å². The van der Waals surface area contributed by atoms with E-state index in [2.05, 4.69) is 20.9 Å². The second-order valence-electron chi connectivity index (χ2n) is 6.46. The number of hydrogen-bond donors (Lipinski definition) is 2. The molecule has 0 radical (unpaired) electrons. The van der Waals surface area contributed by atoms with Crippen molar-refractivity contribution >= 4 is 24.0 Å². The number of hydrogen-bond acceptors (Lipinski definition) is 6. The maximum Gasteiger partial charge on any atom is 0.331 e. The van der Waals surface area contributed by atoms with Crippen molar-refractivity contribution in [2.45, 2.75) is 12.6 Å². The summed E-state index contributed by atoms with van der Waals surface area (Å²) < 4.78 is 6.94. The van der Waals surface area contributed by atoms with E-state index in [9.17, 15) is 14.4 Å². The quantitative estimate of drug-likeness (QED) is 0.448. The van der Waals surface area contributed by atoms with Crippen LogP contribution in [-0.4, -0.2) is 39.9 Å². The number of amides is 3. The molecule has 0 aliphatic carbocycles. The van der Waals surface area contributed by atoms with Gasteiger partial charge < -0.3 is 10.1 Å². The van der Waals surface area contributed by atoms with Crippen LogP contribution in [0.25, 0.3) is 6.08 Å². The molecule has 2 N–H and O–H groups in total. The second-order valence-corrected chi connectivity index (χ2v) is 6.46. The third kappa shape index (κ3) is 6.36. The molecular weight excluding hydrogens is 398 g/mol. The van der Waals surface area contributed by atoms with E-state index in [1.165, 1.54) is 13.1 Å². The Bertz CT molecular complexity index is 1060. The Morgan fingerprint density at radius 1 is 1.06 bits per heavy atom. The third-order valence-corrected chi connectivity index (χ3v) is 4.17. The minimum Gasteiger partial charge on any atom is -0.444 e. The van der Waals surface area contributed by atoms with Crippen molar-refractivity contribution in [1.29, 1.82) is 0 Å². The lowest BCUT2D eigenvalue weighted by Crippen LogP contribution is -2.41. The monoisotopic (exact) mass is 419 g/mol. The number of carbonyl (C=O) groups excluding carboxylic acids is 3. The maximum atomic E-state index is 12.4. The molecule has 158 valence electrons. The zero-order chi connectivity index (χ0) is 22.1. The molecule has 0 fully saturated rings. The highest BCUT2D eigenvalue weighted by atomic mass is 16.5. The molecule has 9 heteroatoms. The first-order valence-corrected chi connectivity index (χ1v) is 9.45. The Balaban J connectivity index is 1.66. The summed E-state index contributed by atoms with van der Waals surface area (Å²) in [5.41, 5.74) is 1.95. The molecule has 1 aromatic heterocycles. The van der Waals surface area contributed by atoms with E-state index >= 15 is 0 Å². The molecule has 0 saturated carbocycles. The average molecular weight is 419 g/mol. The molecule has 0 aliphatic heterocycles. The summed E-state index contributed by atoms with van der Waals surface area (Å²) in [6.45, 7) is 0.544. The molecule has 3 amide bonds. The number of urea groups is 1. The van der Waals surface area contributed by atoms with E-state index in [0.717, 1.165) is 11.6 Å². The van der Waals surface area contributed by atoms with E-state index in [0.29, 0.717) is 17.8 Å². The van der Waals surface area contributed by atoms with E-state index in [1.807, 2.05) is 30.3 Å². The van der Waals surface area contributed by atoms with E-state index in [-0.39, 0.29) is 0 Å². The Kier molecular flexibility index (Phi) is 7.26. The van der Waals surface area contributed by atoms with Gasteiger partial charge in [0.2, 0.25) is 6.10 Å². The lowest BCUT2D eigenvalue weighted by atomic mass is 10.1. The largest absolute Gasteiger partial charge is 0.444 e. The molecule has 0 unspecified atom stereocenters. The van der Waals surface area contributed by atoms with Crippen LogP contribution in [0.1, 0.15) is 22.9 Å². The summed E-state index contributed by atoms with van der Waals surface area (Å²) in [6.07, 6.45) is 2.99. The number of benzene rings is 2. The maximum absolute atomic E-state index is 12.4. The zero-order valence-corrected chi connectivity index (χ0v) is 16.8. The minimum absolute atomic E-state index is 0.430. The predicted octanol–water partition coefficient (Wildman–Crippen LogP) is 2.08. The molecule has 3 aromatic rings. The summed E-state index contributed by atoms with van der Waals surface area (Å²) in [4.78, 5) is 36.2. The van der Waals surface area contributed by atoms with Gasteiger partial charge in [-0.3, -0.25) is 10.1 Å². The number of ether oxygens (including phenoxy) is 1. The van der Waals surface area contributed by atoms with Crippen molar-refractivity contribution in [3.63, 3.8) is 0 Å². The minimum atomic E-state index is -1.29. The molecular formula is C22H21N5O4. The molecule has 0 saturated heterocycles. The Morgan fingerprint density at radius 3 is 2.42 bits per heavy atom. The Hall–Kier alpha value is -4.27. The molecule has 2 aromatic carbocycles. The van der Waals surface area contributed by atoms with Crippen LogP contribution in [0.15, 0.2) is 72.9 Å². The third-order valence-electron chi connectivity index (χ3n) is 4.17. The summed E-state index contributed by atoms with van der Waals surface area (Å²) in [6, 6.07) is 17.5. The highest BCUT2D eigenvalue weighted by Gasteiger charge is 2.25. The smallest absolute Gasteiger partial charge is 0.331 e. The van der Waals surface area contributed by atoms with Crippen molar-refractivity contribution in [2.75, 3.05) is 7.05 Å². The highest BCUT2D eigenvalue weighted by molar-refractivity contribution is 5.98. The average Bonchev–Trinajstić information content (AvgIpc) is 3.24. The summed E-state index contributed by atoms with van der Waals surface area (Å²) in [5.74, 6) is -1.53. The standard InChI is InChI=1S/C22H21N5O4/c1-23-22(30)24-21(29)20(17-10-6-3-7-11-17)31-19(28)13-12-18-15-27(26-25-18)14-16-8-4-2-5-9-16/h2-13,15,20H,14H2,1H3,(H2,23,24,29,30)/b13-12+/t20-/m1/s1. The number of nitrogens with one attached hydrogen (secondary N) is 2. The molecule has 1 heterocycles. The highest BCUT2D eigenvalue weighted by Crippen LogP contribution is 2.18. The van der Waals surface area contributed by atoms with Gasteiger partial charge in [-0.1, -0.05) is 65.9 Å². The Morgan fingerprint density at radius 2 is 1.74 bits per heavy atom. The van der Waals surface area contributed by atoms with Gasteiger partial charge in [0.05, 0.1) is 12.7 Å². The van der Waals surface area contributed by atoms with Crippen molar-refractivity contribution < 1.29 is 19.1 Å². The lowest BCUT2D eigenvalue weighted by Gasteiger charge is -2.16. The molecule has 31 heavy (non-hydrogen) atoms. The van der Waals surface area contributed by atoms with Crippen molar-refractivity contribution in [3.05, 3.63) is 89.8 Å². The van der Waals surface area contributed by atoms with E-state index < -0.39 is 24.0 Å². The molecule has 3 rings (SSSR count). The zero-order valence-electron chi connectivity index (χ0n) is 16.8. The van der Waals surface area contributed by atoms with E-state index in [4.69, 9.17) is 4.74 Å². The molecule has 0 aliphatic rings. The molecule has 9 nitrogen and oxygen atoms in total. The van der Waals surface area contributed by atoms with Gasteiger partial charge in [0.1, 0.15) is 5.69 Å². The van der Waals surface area contributed by atoms with Crippen LogP contribution < -0.4 is 10.6 Å². The van der Waals surface area contributed by atoms with Gasteiger partial charge >= 0.3 is 12.0 Å². The molecule has 0 bridgehead atoms. The Labute approximate surface area is 178 Å². The van der Waals surface area contributed by atoms with Crippen molar-refractivity contribution in [2.24, 2.45) is 0 Å². The number of carbonyl (C=O) groups is 3. The number of esters is 1. The van der Waals surface area contributed by atoms with Crippen molar-refractivity contribution in [3.8, 4) is 0 Å². The number of rotatable bonds is 7. The van der Waals surface area contributed by atoms with Gasteiger partial charge in [0, 0.05) is 18.7 Å². The molecule has 0 spiro atoms. The van der Waals surface area contributed by atoms with Gasteiger partial charge in [0.15, 0.2) is 0 Å². The van der Waals surface area contributed by atoms with Crippen LogP contribution in [0, 0.1) is 0 Å². The SMILES string of the molecule is CNC(=O)NC(=O)[C@H](OC(=O)/C=C/c1cn(Cc2ccccc2)nn1)c1ccccc1. The number of imide groups is 1. The summed E-state index contributed by atoms with van der Waals surface area (Å²) >= 11 is 0. The van der Waals surface area contributed by atoms with Crippen LogP contribution in [0.3, 0.4) is 0 Å². The van der Waals surface area contributed by atoms with Gasteiger partial charge in [-0.15, -0.1) is 5.10 Å². The van der Waals surface area contributed by atoms with Crippen LogP contribution in [0.5, 0.6) is 0 Å². The lowest BCUT2D eigenvalue weighted by molar-refractivity contribution is -0.151. The summed E-state index contributed by atoms with van der Waals surface area (Å²) in [7, 11) is 1.37. The fourth-order valence-corrected chi connectivity index (χ4v) is 2.69. The van der Waals surface area contributed by atoms with E-state index in [1.54, 1.807) is 41.2 Å². The second kappa shape index (κ2) is 10.5. The first-order chi connectivity index (χ1) is 15.0. The van der Waals surface area contributed by atoms with Crippen LogP contribution in [0.4, 0.5) is 4.79 Å². The topological polar surface area (TPSA) is 115 Å². The van der Waals surface area contributed by atoms with Crippen molar-refractivity contribution in [1.82, 2.24) is 25.6 Å². The fraction of sp³-hybridized carbons (Fsp3) is 0.136. The predicted molar refractivity (Wildman–Crippen MR) is 112 cm³/mol. The first kappa shape index (κ1) is 21.4. The van der Waals surface area contributed by atoms with Gasteiger partial charge in [0.25, 0.3) is 5.91 Å². The fourth-order valence-electron chi connectivity index (χ4n) is 2.69. The molecule has 1 atom stereocenters. The number of aromatic nitrogens is 3. The van der Waals surface area contributed by atoms with Gasteiger partial charge in [-0.25, -0.2) is 14.3 Å². The summed E-state index contributed by atoms with van der Waals surface area (Å²) in [5, 5.41) is 12.4. The van der Waals surface area contributed by atoms with Gasteiger partial charge in [-0.2, -0.15) is 0 Å². The van der Waals surface area contributed by atoms with Gasteiger partial charge in [-0.05, 0) is 11.6 Å². The normalized spacial score (nSPS) is 11.6. The van der Waals surface area contributed by atoms with Crippen LogP contribution >= 0.6 is 0 Å². The van der Waals surface area contributed by atoms with Crippen LogP contribution in [0.2, 0.25) is 0 Å².